The number of rotatable bonds is 9. The highest BCUT2D eigenvalue weighted by atomic mass is 127. The van der Waals surface area contributed by atoms with Crippen molar-refractivity contribution in [1.29, 1.82) is 0 Å². The Bertz CT molecular complexity index is 996. The summed E-state index contributed by atoms with van der Waals surface area (Å²) in [6, 6.07) is 7.95. The van der Waals surface area contributed by atoms with E-state index < -0.39 is 15.4 Å². The molecule has 0 spiro atoms. The number of carbonyl (C=O) groups excluding carboxylic acids is 1. The molecule has 7 nitrogen and oxygen atoms in total. The fraction of sp³-hybridized carbons (Fsp3) is 0.476. The molecule has 2 atom stereocenters. The van der Waals surface area contributed by atoms with Gasteiger partial charge in [-0.15, -0.1) is 0 Å². The number of amides is 1. The van der Waals surface area contributed by atoms with Gasteiger partial charge in [-0.25, -0.2) is 23.1 Å². The first-order chi connectivity index (χ1) is 14.1. The number of sulfonamides is 1. The molecule has 1 heterocycles. The van der Waals surface area contributed by atoms with Gasteiger partial charge in [-0.1, -0.05) is 13.8 Å². The van der Waals surface area contributed by atoms with E-state index in [0.717, 1.165) is 12.1 Å². The zero-order chi connectivity index (χ0) is 22.5. The molecule has 9 heteroatoms. The lowest BCUT2D eigenvalue weighted by molar-refractivity contribution is -0.671. The molecule has 0 radical (unpaired) electrons. The van der Waals surface area contributed by atoms with E-state index in [0.29, 0.717) is 21.7 Å². The van der Waals surface area contributed by atoms with E-state index in [1.165, 1.54) is 12.1 Å². The third kappa shape index (κ3) is 5.69. The van der Waals surface area contributed by atoms with Crippen molar-refractivity contribution in [3.05, 3.63) is 41.7 Å². The number of nitrogens with one attached hydrogen (secondary N) is 2. The van der Waals surface area contributed by atoms with Crippen molar-refractivity contribution in [1.82, 2.24) is 9.97 Å². The van der Waals surface area contributed by atoms with E-state index in [2.05, 4.69) is 31.9 Å². The maximum Gasteiger partial charge on any atom is 0.269 e. The van der Waals surface area contributed by atoms with Crippen molar-refractivity contribution in [2.24, 2.45) is 5.41 Å². The van der Waals surface area contributed by atoms with Gasteiger partial charge in [0, 0.05) is 17.1 Å². The van der Waals surface area contributed by atoms with Gasteiger partial charge < -0.3 is 5.32 Å². The van der Waals surface area contributed by atoms with E-state index in [4.69, 9.17) is 0 Å². The van der Waals surface area contributed by atoms with E-state index in [-0.39, 0.29) is 38.0 Å². The summed E-state index contributed by atoms with van der Waals surface area (Å²) in [4.78, 5) is 23.5. The Kier molecular flexibility index (Phi) is 8.20. The summed E-state index contributed by atoms with van der Waals surface area (Å²) in [6.45, 7) is 9.87. The van der Waals surface area contributed by atoms with Crippen molar-refractivity contribution in [3.8, 4) is 0 Å². The van der Waals surface area contributed by atoms with Crippen molar-refractivity contribution in [2.75, 3.05) is 15.0 Å². The number of aromatic nitrogens is 2. The predicted octanol–water partition coefficient (Wildman–Crippen LogP) is 0.610. The van der Waals surface area contributed by atoms with Gasteiger partial charge in [0.15, 0.2) is 3.92 Å². The van der Waals surface area contributed by atoms with Crippen molar-refractivity contribution in [3.63, 3.8) is 0 Å². The van der Waals surface area contributed by atoms with Crippen LogP contribution in [0.2, 0.25) is 0 Å². The quantitative estimate of drug-likeness (QED) is 0.356. The number of nitrogens with zero attached hydrogens (tertiary/aromatic N) is 2. The van der Waals surface area contributed by atoms with Crippen molar-refractivity contribution in [2.45, 2.75) is 56.3 Å². The fourth-order valence-electron chi connectivity index (χ4n) is 2.89. The molecule has 30 heavy (non-hydrogen) atoms. The summed E-state index contributed by atoms with van der Waals surface area (Å²) >= 11 is -0.0739. The zero-order valence-electron chi connectivity index (χ0n) is 18.3. The molecule has 164 valence electrons. The molecule has 0 fully saturated rings. The van der Waals surface area contributed by atoms with Crippen LogP contribution in [0.3, 0.4) is 0 Å². The SMILES string of the molecule is CCc1cc(C)nc(NS(=O)(=O)c2ccc(NC(=O)[C@](C)(CC)[C@@H](C)[I+]C)cc2)n1. The summed E-state index contributed by atoms with van der Waals surface area (Å²) < 4.78 is 28.2. The summed E-state index contributed by atoms with van der Waals surface area (Å²) in [5, 5.41) is 2.94. The van der Waals surface area contributed by atoms with Gasteiger partial charge in [0.05, 0.1) is 10.3 Å². The molecule has 0 saturated heterocycles. The Hall–Kier alpha value is -1.75. The Morgan fingerprint density at radius 3 is 2.37 bits per heavy atom. The lowest BCUT2D eigenvalue weighted by Gasteiger charge is -2.26. The van der Waals surface area contributed by atoms with Gasteiger partial charge >= 0.3 is 0 Å². The van der Waals surface area contributed by atoms with Crippen LogP contribution in [-0.2, 0) is 21.2 Å². The van der Waals surface area contributed by atoms with E-state index >= 15 is 0 Å². The average molecular weight is 545 g/mol. The molecule has 1 amide bonds. The summed E-state index contributed by atoms with van der Waals surface area (Å²) in [7, 11) is -3.83. The van der Waals surface area contributed by atoms with Gasteiger partial charge in [-0.2, -0.15) is 0 Å². The maximum absolute atomic E-state index is 12.8. The summed E-state index contributed by atoms with van der Waals surface area (Å²) in [5.74, 6) is 0.0211. The molecule has 1 aromatic heterocycles. The Labute approximate surface area is 189 Å². The van der Waals surface area contributed by atoms with Crippen LogP contribution in [0.5, 0.6) is 0 Å². The van der Waals surface area contributed by atoms with Crippen LogP contribution in [-0.4, -0.2) is 33.1 Å². The highest BCUT2D eigenvalue weighted by Gasteiger charge is 2.43. The normalized spacial score (nSPS) is 14.6. The predicted molar refractivity (Wildman–Crippen MR) is 116 cm³/mol. The first-order valence-corrected chi connectivity index (χ1v) is 14.7. The second-order valence-electron chi connectivity index (χ2n) is 7.37. The molecule has 1 aromatic carbocycles. The minimum Gasteiger partial charge on any atom is -0.325 e. The number of hydrogen-bond acceptors (Lipinski definition) is 5. The Balaban J connectivity index is 2.18. The van der Waals surface area contributed by atoms with E-state index in [9.17, 15) is 13.2 Å². The van der Waals surface area contributed by atoms with Crippen LogP contribution in [0, 0.1) is 12.3 Å². The minimum absolute atomic E-state index is 0.0342. The van der Waals surface area contributed by atoms with Crippen molar-refractivity contribution >= 4 is 27.6 Å². The largest absolute Gasteiger partial charge is 0.325 e. The fourth-order valence-corrected chi connectivity index (χ4v) is 5.94. The van der Waals surface area contributed by atoms with Crippen LogP contribution in [0.1, 0.15) is 45.5 Å². The number of halogens is 1. The molecule has 0 saturated carbocycles. The first kappa shape index (κ1) is 24.5. The number of carbonyl (C=O) groups is 1. The summed E-state index contributed by atoms with van der Waals surface area (Å²) in [5.41, 5.74) is 1.59. The van der Waals surface area contributed by atoms with Crippen LogP contribution in [0.4, 0.5) is 11.6 Å². The maximum atomic E-state index is 12.8. The molecular formula is C21H30IN4O3S+. The smallest absolute Gasteiger partial charge is 0.269 e. The molecule has 0 unspecified atom stereocenters. The van der Waals surface area contributed by atoms with Gasteiger partial charge in [0.1, 0.15) is 4.93 Å². The lowest BCUT2D eigenvalue weighted by atomic mass is 9.83. The third-order valence-electron chi connectivity index (χ3n) is 5.38. The second-order valence-corrected chi connectivity index (χ2v) is 12.2. The third-order valence-corrected chi connectivity index (χ3v) is 9.96. The summed E-state index contributed by atoms with van der Waals surface area (Å²) in [6.07, 6.45) is 1.43. The lowest BCUT2D eigenvalue weighted by Crippen LogP contribution is -3.64. The van der Waals surface area contributed by atoms with Crippen LogP contribution >= 0.6 is 0 Å². The van der Waals surface area contributed by atoms with Gasteiger partial charge in [0.25, 0.3) is 31.2 Å². The van der Waals surface area contributed by atoms with E-state index in [1.807, 2.05) is 26.8 Å². The van der Waals surface area contributed by atoms with Gasteiger partial charge in [-0.05, 0) is 63.9 Å². The monoisotopic (exact) mass is 545 g/mol. The second kappa shape index (κ2) is 10.0. The van der Waals surface area contributed by atoms with Gasteiger partial charge in [0.2, 0.25) is 11.9 Å². The molecular weight excluding hydrogens is 515 g/mol. The van der Waals surface area contributed by atoms with Crippen molar-refractivity contribution < 1.29 is 34.4 Å². The highest BCUT2D eigenvalue weighted by Crippen LogP contribution is 2.26. The molecule has 0 aliphatic carbocycles. The number of alkyl halides is 2. The van der Waals surface area contributed by atoms with Crippen LogP contribution in [0.25, 0.3) is 0 Å². The zero-order valence-corrected chi connectivity index (χ0v) is 21.3. The molecule has 2 N–H and O–H groups in total. The molecule has 2 rings (SSSR count). The van der Waals surface area contributed by atoms with E-state index in [1.54, 1.807) is 19.1 Å². The van der Waals surface area contributed by atoms with Gasteiger partial charge in [-0.3, -0.25) is 4.79 Å². The number of hydrogen-bond donors (Lipinski definition) is 2. The molecule has 0 aliphatic rings. The molecule has 0 aliphatic heterocycles. The minimum atomic E-state index is -3.83. The first-order valence-electron chi connectivity index (χ1n) is 9.82. The van der Waals surface area contributed by atoms with Crippen LogP contribution in [0.15, 0.2) is 35.2 Å². The average Bonchev–Trinajstić information content (AvgIpc) is 2.71. The Morgan fingerprint density at radius 2 is 1.83 bits per heavy atom. The molecule has 0 bridgehead atoms. The van der Waals surface area contributed by atoms with Crippen LogP contribution < -0.4 is 31.2 Å². The number of aryl methyl sites for hydroxylation is 2. The topological polar surface area (TPSA) is 101 Å². The highest BCUT2D eigenvalue weighted by molar-refractivity contribution is 7.92. The number of benzene rings is 1. The standard InChI is InChI=1S/C21H29IN4O3S/c1-7-16-13-14(3)23-20(25-16)26-30(28,29)18-11-9-17(10-12-18)24-19(27)21(5,8-2)15(4)22-6/h9-13,15H,7-8H2,1-6H3,(H-,23,24,25,26,27)/p+1/t15-,21-/m1/s1. The Morgan fingerprint density at radius 1 is 1.20 bits per heavy atom. The molecule has 2 aromatic rings. The number of anilines is 2.